The van der Waals surface area contributed by atoms with Gasteiger partial charge >= 0.3 is 0 Å². The average molecular weight is 304 g/mol. The van der Waals surface area contributed by atoms with Gasteiger partial charge in [0.2, 0.25) is 5.91 Å². The van der Waals surface area contributed by atoms with E-state index in [1.807, 2.05) is 6.92 Å². The van der Waals surface area contributed by atoms with Crippen molar-refractivity contribution < 1.29 is 4.79 Å². The van der Waals surface area contributed by atoms with Crippen molar-refractivity contribution in [1.29, 1.82) is 0 Å². The number of rotatable bonds is 4. The van der Waals surface area contributed by atoms with Crippen LogP contribution in [-0.4, -0.2) is 21.6 Å². The number of amides is 1. The molecule has 7 heteroatoms. The minimum Gasteiger partial charge on any atom is -0.398 e. The van der Waals surface area contributed by atoms with Gasteiger partial charge in [-0.2, -0.15) is 0 Å². The molecular formula is C14H16N4O2S. The van der Waals surface area contributed by atoms with Gasteiger partial charge in [-0.05, 0) is 31.5 Å². The molecule has 0 atom stereocenters. The summed E-state index contributed by atoms with van der Waals surface area (Å²) in [6.45, 7) is 3.58. The molecule has 0 aliphatic carbocycles. The summed E-state index contributed by atoms with van der Waals surface area (Å²) in [6.07, 6.45) is 0. The number of thioether (sulfide) groups is 1. The Labute approximate surface area is 126 Å². The molecule has 0 fully saturated rings. The van der Waals surface area contributed by atoms with E-state index in [1.54, 1.807) is 25.1 Å². The van der Waals surface area contributed by atoms with Gasteiger partial charge in [0.15, 0.2) is 5.16 Å². The Kier molecular flexibility index (Phi) is 4.64. The predicted molar refractivity (Wildman–Crippen MR) is 84.5 cm³/mol. The lowest BCUT2D eigenvalue weighted by Gasteiger charge is -2.09. The van der Waals surface area contributed by atoms with E-state index in [1.165, 1.54) is 17.8 Å². The first-order valence-electron chi connectivity index (χ1n) is 6.31. The summed E-state index contributed by atoms with van der Waals surface area (Å²) < 4.78 is 0. The fourth-order valence-corrected chi connectivity index (χ4v) is 2.45. The summed E-state index contributed by atoms with van der Waals surface area (Å²) in [5.74, 6) is -0.0291. The molecule has 1 amide bonds. The van der Waals surface area contributed by atoms with Gasteiger partial charge in [0, 0.05) is 23.1 Å². The number of aromatic amines is 1. The van der Waals surface area contributed by atoms with Gasteiger partial charge in [-0.3, -0.25) is 9.59 Å². The van der Waals surface area contributed by atoms with E-state index in [-0.39, 0.29) is 17.2 Å². The molecule has 2 aromatic rings. The minimum absolute atomic E-state index is 0.153. The maximum absolute atomic E-state index is 11.9. The number of hydrogen-bond donors (Lipinski definition) is 3. The van der Waals surface area contributed by atoms with E-state index in [0.29, 0.717) is 22.2 Å². The molecule has 6 nitrogen and oxygen atoms in total. The van der Waals surface area contributed by atoms with E-state index in [0.717, 1.165) is 5.56 Å². The molecule has 2 rings (SSSR count). The van der Waals surface area contributed by atoms with Crippen molar-refractivity contribution in [1.82, 2.24) is 9.97 Å². The number of aromatic nitrogens is 2. The van der Waals surface area contributed by atoms with Gasteiger partial charge < -0.3 is 16.0 Å². The number of benzene rings is 1. The number of anilines is 2. The van der Waals surface area contributed by atoms with Crippen molar-refractivity contribution in [2.75, 3.05) is 16.8 Å². The van der Waals surface area contributed by atoms with Crippen LogP contribution in [0.2, 0.25) is 0 Å². The summed E-state index contributed by atoms with van der Waals surface area (Å²) in [5, 5.41) is 3.22. The molecule has 0 bridgehead atoms. The van der Waals surface area contributed by atoms with Gasteiger partial charge in [-0.25, -0.2) is 4.98 Å². The molecule has 0 saturated carbocycles. The summed E-state index contributed by atoms with van der Waals surface area (Å²) >= 11 is 1.18. The number of carbonyl (C=O) groups excluding carboxylic acids is 1. The summed E-state index contributed by atoms with van der Waals surface area (Å²) in [5.41, 5.74) is 8.33. The molecule has 0 unspecified atom stereocenters. The van der Waals surface area contributed by atoms with Crippen molar-refractivity contribution >= 4 is 29.0 Å². The van der Waals surface area contributed by atoms with Crippen LogP contribution in [0.4, 0.5) is 11.4 Å². The monoisotopic (exact) mass is 304 g/mol. The quantitative estimate of drug-likeness (QED) is 0.453. The summed E-state index contributed by atoms with van der Waals surface area (Å²) in [6, 6.07) is 6.76. The second-order valence-corrected chi connectivity index (χ2v) is 5.51. The zero-order valence-corrected chi connectivity index (χ0v) is 12.6. The van der Waals surface area contributed by atoms with Crippen LogP contribution in [0.5, 0.6) is 0 Å². The van der Waals surface area contributed by atoms with Gasteiger partial charge in [0.25, 0.3) is 5.56 Å². The summed E-state index contributed by atoms with van der Waals surface area (Å²) in [7, 11) is 0. The molecule has 1 heterocycles. The Hall–Kier alpha value is -2.28. The molecule has 0 saturated heterocycles. The Morgan fingerprint density at radius 1 is 1.43 bits per heavy atom. The fraction of sp³-hybridized carbons (Fsp3) is 0.214. The van der Waals surface area contributed by atoms with Crippen LogP contribution in [0.3, 0.4) is 0 Å². The van der Waals surface area contributed by atoms with E-state index < -0.39 is 0 Å². The summed E-state index contributed by atoms with van der Waals surface area (Å²) in [4.78, 5) is 30.0. The maximum Gasteiger partial charge on any atom is 0.251 e. The third-order valence-electron chi connectivity index (χ3n) is 2.84. The topological polar surface area (TPSA) is 101 Å². The molecule has 4 N–H and O–H groups in total. The van der Waals surface area contributed by atoms with Gasteiger partial charge in [-0.1, -0.05) is 17.8 Å². The standard InChI is InChI=1S/C14H16N4O2S/c1-8-6-12(19)18-14(16-8)21-7-13(20)17-11-5-3-4-10(15)9(11)2/h3-6H,7,15H2,1-2H3,(H,17,20)(H,16,18,19). The van der Waals surface area contributed by atoms with Gasteiger partial charge in [0.05, 0.1) is 5.75 Å². The highest BCUT2D eigenvalue weighted by molar-refractivity contribution is 7.99. The SMILES string of the molecule is Cc1cc(=O)[nH]c(SCC(=O)Nc2cccc(N)c2C)n1. The number of aryl methyl sites for hydroxylation is 1. The van der Waals surface area contributed by atoms with Crippen LogP contribution in [-0.2, 0) is 4.79 Å². The Balaban J connectivity index is 1.99. The zero-order chi connectivity index (χ0) is 15.4. The second-order valence-electron chi connectivity index (χ2n) is 4.55. The first-order valence-corrected chi connectivity index (χ1v) is 7.30. The maximum atomic E-state index is 11.9. The van der Waals surface area contributed by atoms with E-state index in [9.17, 15) is 9.59 Å². The number of hydrogen-bond acceptors (Lipinski definition) is 5. The fourth-order valence-electron chi connectivity index (χ4n) is 1.73. The number of nitrogens with one attached hydrogen (secondary N) is 2. The molecular weight excluding hydrogens is 288 g/mol. The van der Waals surface area contributed by atoms with Crippen molar-refractivity contribution in [3.05, 3.63) is 45.9 Å². The first kappa shape index (κ1) is 15.1. The molecule has 1 aromatic heterocycles. The number of carbonyl (C=O) groups is 1. The van der Waals surface area contributed by atoms with Gasteiger partial charge in [0.1, 0.15) is 0 Å². The highest BCUT2D eigenvalue weighted by Gasteiger charge is 2.08. The van der Waals surface area contributed by atoms with Crippen molar-refractivity contribution in [3.8, 4) is 0 Å². The molecule has 0 aliphatic rings. The molecule has 21 heavy (non-hydrogen) atoms. The number of nitrogens with zero attached hydrogens (tertiary/aromatic N) is 1. The molecule has 0 aliphatic heterocycles. The Morgan fingerprint density at radius 3 is 2.90 bits per heavy atom. The Morgan fingerprint density at radius 2 is 2.19 bits per heavy atom. The molecule has 1 aromatic carbocycles. The molecule has 0 radical (unpaired) electrons. The lowest BCUT2D eigenvalue weighted by atomic mass is 10.1. The smallest absolute Gasteiger partial charge is 0.251 e. The van der Waals surface area contributed by atoms with E-state index in [4.69, 9.17) is 5.73 Å². The number of nitrogen functional groups attached to an aromatic ring is 1. The van der Waals surface area contributed by atoms with Crippen LogP contribution in [0.1, 0.15) is 11.3 Å². The van der Waals surface area contributed by atoms with E-state index >= 15 is 0 Å². The van der Waals surface area contributed by atoms with Crippen molar-refractivity contribution in [3.63, 3.8) is 0 Å². The van der Waals surface area contributed by atoms with Crippen LogP contribution >= 0.6 is 11.8 Å². The van der Waals surface area contributed by atoms with Crippen LogP contribution in [0, 0.1) is 13.8 Å². The normalized spacial score (nSPS) is 10.4. The van der Waals surface area contributed by atoms with Crippen LogP contribution in [0.15, 0.2) is 34.2 Å². The number of H-pyrrole nitrogens is 1. The van der Waals surface area contributed by atoms with Gasteiger partial charge in [-0.15, -0.1) is 0 Å². The predicted octanol–water partition coefficient (Wildman–Crippen LogP) is 1.70. The lowest BCUT2D eigenvalue weighted by molar-refractivity contribution is -0.113. The first-order chi connectivity index (χ1) is 9.95. The largest absolute Gasteiger partial charge is 0.398 e. The average Bonchev–Trinajstić information content (AvgIpc) is 2.41. The lowest BCUT2D eigenvalue weighted by Crippen LogP contribution is -2.16. The number of nitrogens with two attached hydrogens (primary N) is 1. The second kappa shape index (κ2) is 6.45. The highest BCUT2D eigenvalue weighted by atomic mass is 32.2. The van der Waals surface area contributed by atoms with Crippen LogP contribution < -0.4 is 16.6 Å². The van der Waals surface area contributed by atoms with Crippen LogP contribution in [0.25, 0.3) is 0 Å². The van der Waals surface area contributed by atoms with Crippen molar-refractivity contribution in [2.24, 2.45) is 0 Å². The van der Waals surface area contributed by atoms with Crippen molar-refractivity contribution in [2.45, 2.75) is 19.0 Å². The minimum atomic E-state index is -0.225. The van der Waals surface area contributed by atoms with E-state index in [2.05, 4.69) is 15.3 Å². The highest BCUT2D eigenvalue weighted by Crippen LogP contribution is 2.21. The zero-order valence-electron chi connectivity index (χ0n) is 11.8. The molecule has 0 spiro atoms. The third kappa shape index (κ3) is 4.09. The Bertz CT molecular complexity index is 727. The molecule has 110 valence electrons. The third-order valence-corrected chi connectivity index (χ3v) is 3.71.